The third-order valence-corrected chi connectivity index (χ3v) is 2.27. The van der Waals surface area contributed by atoms with Crippen LogP contribution in [0.4, 0.5) is 0 Å². The summed E-state index contributed by atoms with van der Waals surface area (Å²) in [6, 6.07) is 0.0139. The molecule has 62 valence electrons. The minimum absolute atomic E-state index is 0.0139. The van der Waals surface area contributed by atoms with E-state index in [2.05, 4.69) is 10.3 Å². The lowest BCUT2D eigenvalue weighted by Crippen LogP contribution is -2.23. The fraction of sp³-hybridized carbons (Fsp3) is 0.571. The van der Waals surface area contributed by atoms with Gasteiger partial charge in [0.1, 0.15) is 5.01 Å². The van der Waals surface area contributed by atoms with E-state index in [-0.39, 0.29) is 12.6 Å². The Morgan fingerprint density at radius 1 is 1.82 bits per heavy atom. The van der Waals surface area contributed by atoms with Crippen LogP contribution >= 0.6 is 11.3 Å². The highest BCUT2D eigenvalue weighted by Crippen LogP contribution is 2.14. The second kappa shape index (κ2) is 4.43. The Kier molecular flexibility index (Phi) is 3.48. The summed E-state index contributed by atoms with van der Waals surface area (Å²) in [5.41, 5.74) is 0. The fourth-order valence-electron chi connectivity index (χ4n) is 0.883. The van der Waals surface area contributed by atoms with Gasteiger partial charge in [0.05, 0.1) is 12.6 Å². The first kappa shape index (κ1) is 8.64. The zero-order valence-electron chi connectivity index (χ0n) is 6.45. The van der Waals surface area contributed by atoms with E-state index >= 15 is 0 Å². The molecule has 0 saturated carbocycles. The monoisotopic (exact) mass is 172 g/mol. The Morgan fingerprint density at radius 2 is 2.64 bits per heavy atom. The van der Waals surface area contributed by atoms with Crippen molar-refractivity contribution < 1.29 is 5.11 Å². The maximum absolute atomic E-state index is 8.93. The summed E-state index contributed by atoms with van der Waals surface area (Å²) in [4.78, 5) is 4.10. The Balaban J connectivity index is 2.56. The lowest BCUT2D eigenvalue weighted by molar-refractivity contribution is 0.246. The number of likely N-dealkylation sites (N-methyl/N-ethyl adjacent to an activating group) is 1. The van der Waals surface area contributed by atoms with Crippen LogP contribution in [0.3, 0.4) is 0 Å². The predicted molar refractivity (Wildman–Crippen MR) is 45.6 cm³/mol. The molecule has 1 atom stereocenters. The van der Waals surface area contributed by atoms with Crippen LogP contribution in [-0.4, -0.2) is 23.2 Å². The number of rotatable bonds is 4. The van der Waals surface area contributed by atoms with Crippen molar-refractivity contribution in [3.05, 3.63) is 16.6 Å². The number of nitrogens with zero attached hydrogens (tertiary/aromatic N) is 1. The van der Waals surface area contributed by atoms with Crippen LogP contribution in [0.5, 0.6) is 0 Å². The average molecular weight is 172 g/mol. The maximum Gasteiger partial charge on any atom is 0.112 e. The van der Waals surface area contributed by atoms with Crippen molar-refractivity contribution in [3.63, 3.8) is 0 Å². The van der Waals surface area contributed by atoms with Gasteiger partial charge in [0.2, 0.25) is 0 Å². The second-order valence-corrected chi connectivity index (χ2v) is 3.09. The quantitative estimate of drug-likeness (QED) is 0.705. The first-order valence-electron chi connectivity index (χ1n) is 3.62. The zero-order valence-corrected chi connectivity index (χ0v) is 7.27. The van der Waals surface area contributed by atoms with Gasteiger partial charge in [0, 0.05) is 11.6 Å². The van der Waals surface area contributed by atoms with Gasteiger partial charge in [-0.3, -0.25) is 0 Å². The highest BCUT2D eigenvalue weighted by atomic mass is 32.1. The molecule has 0 aliphatic carbocycles. The highest BCUT2D eigenvalue weighted by Gasteiger charge is 2.09. The van der Waals surface area contributed by atoms with Crippen molar-refractivity contribution in [3.8, 4) is 0 Å². The third-order valence-electron chi connectivity index (χ3n) is 1.38. The molecule has 0 aliphatic rings. The molecule has 1 rings (SSSR count). The molecular weight excluding hydrogens is 160 g/mol. The van der Waals surface area contributed by atoms with E-state index in [0.29, 0.717) is 0 Å². The summed E-state index contributed by atoms with van der Waals surface area (Å²) in [6.07, 6.45) is 1.75. The number of hydrogen-bond donors (Lipinski definition) is 2. The normalized spacial score (nSPS) is 13.3. The van der Waals surface area contributed by atoms with Crippen LogP contribution in [0.2, 0.25) is 0 Å². The number of hydrogen-bond acceptors (Lipinski definition) is 4. The summed E-state index contributed by atoms with van der Waals surface area (Å²) >= 11 is 1.56. The van der Waals surface area contributed by atoms with Crippen molar-refractivity contribution in [2.45, 2.75) is 13.0 Å². The van der Waals surface area contributed by atoms with Gasteiger partial charge in [0.15, 0.2) is 0 Å². The Labute approximate surface area is 70.1 Å². The first-order chi connectivity index (χ1) is 5.38. The van der Waals surface area contributed by atoms with E-state index in [1.54, 1.807) is 17.5 Å². The van der Waals surface area contributed by atoms with Crippen molar-refractivity contribution in [2.75, 3.05) is 13.2 Å². The summed E-state index contributed by atoms with van der Waals surface area (Å²) in [5.74, 6) is 0. The van der Waals surface area contributed by atoms with Crippen molar-refractivity contribution in [1.29, 1.82) is 0 Å². The molecule has 0 aromatic carbocycles. The van der Waals surface area contributed by atoms with Gasteiger partial charge in [-0.2, -0.15) is 0 Å². The Bertz CT molecular complexity index is 188. The maximum atomic E-state index is 8.93. The van der Waals surface area contributed by atoms with E-state index in [4.69, 9.17) is 5.11 Å². The molecule has 0 radical (unpaired) electrons. The molecule has 0 bridgehead atoms. The fourth-order valence-corrected chi connectivity index (χ4v) is 1.59. The van der Waals surface area contributed by atoms with Crippen LogP contribution in [0.25, 0.3) is 0 Å². The van der Waals surface area contributed by atoms with Gasteiger partial charge < -0.3 is 10.4 Å². The van der Waals surface area contributed by atoms with E-state index in [1.807, 2.05) is 12.3 Å². The standard InChI is InChI=1S/C7H12N2OS/c1-2-8-6(5-10)7-9-3-4-11-7/h3-4,6,8,10H,2,5H2,1H3. The minimum atomic E-state index is 0.0139. The highest BCUT2D eigenvalue weighted by molar-refractivity contribution is 7.09. The summed E-state index contributed by atoms with van der Waals surface area (Å²) in [7, 11) is 0. The molecule has 1 unspecified atom stereocenters. The molecule has 4 heteroatoms. The molecule has 0 fully saturated rings. The van der Waals surface area contributed by atoms with Gasteiger partial charge >= 0.3 is 0 Å². The number of nitrogens with one attached hydrogen (secondary N) is 1. The van der Waals surface area contributed by atoms with Crippen LogP contribution < -0.4 is 5.32 Å². The van der Waals surface area contributed by atoms with Gasteiger partial charge in [-0.15, -0.1) is 11.3 Å². The summed E-state index contributed by atoms with van der Waals surface area (Å²) in [5, 5.41) is 14.9. The van der Waals surface area contributed by atoms with Crippen LogP contribution in [0.1, 0.15) is 18.0 Å². The van der Waals surface area contributed by atoms with Crippen LogP contribution in [0, 0.1) is 0 Å². The van der Waals surface area contributed by atoms with E-state index in [0.717, 1.165) is 11.6 Å². The summed E-state index contributed by atoms with van der Waals surface area (Å²) < 4.78 is 0. The predicted octanol–water partition coefficient (Wildman–Crippen LogP) is 0.786. The Hall–Kier alpha value is -0.450. The topological polar surface area (TPSA) is 45.1 Å². The van der Waals surface area contributed by atoms with E-state index in [9.17, 15) is 0 Å². The lowest BCUT2D eigenvalue weighted by atomic mass is 10.3. The molecule has 0 amide bonds. The van der Waals surface area contributed by atoms with Gasteiger partial charge in [-0.1, -0.05) is 6.92 Å². The third kappa shape index (κ3) is 2.25. The number of aliphatic hydroxyl groups is 1. The second-order valence-electron chi connectivity index (χ2n) is 2.16. The number of thiazole rings is 1. The molecule has 0 spiro atoms. The Morgan fingerprint density at radius 3 is 3.09 bits per heavy atom. The minimum Gasteiger partial charge on any atom is -0.394 e. The number of aromatic nitrogens is 1. The average Bonchev–Trinajstić information content (AvgIpc) is 2.52. The molecular formula is C7H12N2OS. The smallest absolute Gasteiger partial charge is 0.112 e. The van der Waals surface area contributed by atoms with Gasteiger partial charge in [-0.25, -0.2) is 4.98 Å². The first-order valence-corrected chi connectivity index (χ1v) is 4.50. The molecule has 0 saturated heterocycles. The molecule has 1 aromatic heterocycles. The zero-order chi connectivity index (χ0) is 8.10. The lowest BCUT2D eigenvalue weighted by Gasteiger charge is -2.10. The molecule has 1 aromatic rings. The SMILES string of the molecule is CCNC(CO)c1nccs1. The summed E-state index contributed by atoms with van der Waals surface area (Å²) in [6.45, 7) is 2.97. The molecule has 2 N–H and O–H groups in total. The molecule has 3 nitrogen and oxygen atoms in total. The van der Waals surface area contributed by atoms with Crippen LogP contribution in [-0.2, 0) is 0 Å². The molecule has 11 heavy (non-hydrogen) atoms. The van der Waals surface area contributed by atoms with Crippen molar-refractivity contribution in [1.82, 2.24) is 10.3 Å². The van der Waals surface area contributed by atoms with E-state index in [1.165, 1.54) is 0 Å². The molecule has 1 heterocycles. The van der Waals surface area contributed by atoms with E-state index < -0.39 is 0 Å². The van der Waals surface area contributed by atoms with Crippen molar-refractivity contribution >= 4 is 11.3 Å². The molecule has 0 aliphatic heterocycles. The van der Waals surface area contributed by atoms with Crippen molar-refractivity contribution in [2.24, 2.45) is 0 Å². The van der Waals surface area contributed by atoms with Crippen LogP contribution in [0.15, 0.2) is 11.6 Å². The number of aliphatic hydroxyl groups excluding tert-OH is 1. The largest absolute Gasteiger partial charge is 0.394 e. The van der Waals surface area contributed by atoms with Gasteiger partial charge in [-0.05, 0) is 6.54 Å². The van der Waals surface area contributed by atoms with Gasteiger partial charge in [0.25, 0.3) is 0 Å².